The number of pyridine rings is 1. The number of fused-ring (bicyclic) bond motifs is 1. The molecule has 0 aliphatic heterocycles. The molecule has 0 saturated heterocycles. The van der Waals surface area contributed by atoms with Crippen LogP contribution in [0, 0.1) is 5.82 Å². The summed E-state index contributed by atoms with van der Waals surface area (Å²) in [5.41, 5.74) is 1.79. The van der Waals surface area contributed by atoms with E-state index in [-0.39, 0.29) is 11.2 Å². The lowest BCUT2D eigenvalue weighted by Crippen LogP contribution is -2.06. The first kappa shape index (κ1) is 12.4. The molecule has 1 heterocycles. The molecule has 3 aromatic rings. The molecule has 1 aromatic heterocycles. The van der Waals surface area contributed by atoms with Crippen molar-refractivity contribution < 1.29 is 9.13 Å². The van der Waals surface area contributed by atoms with Crippen LogP contribution in [0.3, 0.4) is 0 Å². The van der Waals surface area contributed by atoms with E-state index in [2.05, 4.69) is 4.98 Å². The maximum atomic E-state index is 13.4. The number of benzene rings is 2. The van der Waals surface area contributed by atoms with Crippen LogP contribution in [-0.2, 0) is 0 Å². The summed E-state index contributed by atoms with van der Waals surface area (Å²) in [6, 6.07) is 11.7. The van der Waals surface area contributed by atoms with Gasteiger partial charge in [0.2, 0.25) is 0 Å². The molecule has 0 fully saturated rings. The number of methoxy groups -OCH3 is 1. The zero-order valence-corrected chi connectivity index (χ0v) is 10.8. The molecular formula is C16H12FNO2. The van der Waals surface area contributed by atoms with Crippen LogP contribution in [0.4, 0.5) is 4.39 Å². The highest BCUT2D eigenvalue weighted by molar-refractivity contribution is 5.83. The lowest BCUT2D eigenvalue weighted by Gasteiger charge is -2.06. The van der Waals surface area contributed by atoms with Crippen molar-refractivity contribution in [1.82, 2.24) is 4.98 Å². The maximum Gasteiger partial charge on any atom is 0.197 e. The lowest BCUT2D eigenvalue weighted by molar-refractivity contribution is 0.387. The predicted molar refractivity (Wildman–Crippen MR) is 76.5 cm³/mol. The van der Waals surface area contributed by atoms with Crippen molar-refractivity contribution in [3.63, 3.8) is 0 Å². The summed E-state index contributed by atoms with van der Waals surface area (Å²) in [4.78, 5) is 15.5. The molecule has 0 aliphatic rings. The number of nitrogens with one attached hydrogen (secondary N) is 1. The topological polar surface area (TPSA) is 42.1 Å². The molecule has 20 heavy (non-hydrogen) atoms. The first-order valence-electron chi connectivity index (χ1n) is 6.15. The van der Waals surface area contributed by atoms with E-state index >= 15 is 0 Å². The van der Waals surface area contributed by atoms with Gasteiger partial charge < -0.3 is 9.72 Å². The third-order valence-corrected chi connectivity index (χ3v) is 3.25. The van der Waals surface area contributed by atoms with Crippen LogP contribution < -0.4 is 10.2 Å². The molecule has 0 amide bonds. The SMILES string of the molecule is COc1cc(-c2c[nH]c3ccccc3c2=O)ccc1F. The Morgan fingerprint density at radius 2 is 1.95 bits per heavy atom. The molecule has 3 rings (SSSR count). The summed E-state index contributed by atoms with van der Waals surface area (Å²) >= 11 is 0. The fourth-order valence-corrected chi connectivity index (χ4v) is 2.21. The van der Waals surface area contributed by atoms with Crippen molar-refractivity contribution in [2.24, 2.45) is 0 Å². The van der Waals surface area contributed by atoms with Gasteiger partial charge in [0.25, 0.3) is 0 Å². The normalized spacial score (nSPS) is 10.7. The Balaban J connectivity index is 2.25. The Bertz CT molecular complexity index is 839. The average Bonchev–Trinajstić information content (AvgIpc) is 2.49. The van der Waals surface area contributed by atoms with Gasteiger partial charge in [-0.25, -0.2) is 4.39 Å². The number of rotatable bonds is 2. The minimum atomic E-state index is -0.450. The van der Waals surface area contributed by atoms with Crippen molar-refractivity contribution in [2.45, 2.75) is 0 Å². The molecular weight excluding hydrogens is 257 g/mol. The minimum Gasteiger partial charge on any atom is -0.494 e. The van der Waals surface area contributed by atoms with Crippen LogP contribution in [0.5, 0.6) is 5.75 Å². The Morgan fingerprint density at radius 1 is 1.15 bits per heavy atom. The van der Waals surface area contributed by atoms with Crippen LogP contribution in [0.1, 0.15) is 0 Å². The summed E-state index contributed by atoms with van der Waals surface area (Å²) in [5.74, 6) is -0.330. The number of H-pyrrole nitrogens is 1. The molecule has 0 aliphatic carbocycles. The number of aromatic nitrogens is 1. The van der Waals surface area contributed by atoms with E-state index in [0.717, 1.165) is 5.52 Å². The van der Waals surface area contributed by atoms with Crippen LogP contribution in [0.2, 0.25) is 0 Å². The Morgan fingerprint density at radius 3 is 2.75 bits per heavy atom. The summed E-state index contributed by atoms with van der Waals surface area (Å²) in [6.45, 7) is 0. The van der Waals surface area contributed by atoms with Gasteiger partial charge in [-0.05, 0) is 29.8 Å². The van der Waals surface area contributed by atoms with E-state index in [1.807, 2.05) is 18.2 Å². The number of hydrogen-bond acceptors (Lipinski definition) is 2. The van der Waals surface area contributed by atoms with E-state index in [4.69, 9.17) is 4.74 Å². The van der Waals surface area contributed by atoms with Gasteiger partial charge in [-0.1, -0.05) is 18.2 Å². The molecule has 4 heteroatoms. The fraction of sp³-hybridized carbons (Fsp3) is 0.0625. The van der Waals surface area contributed by atoms with Gasteiger partial charge in [0.05, 0.1) is 7.11 Å². The molecule has 0 radical (unpaired) electrons. The van der Waals surface area contributed by atoms with Crippen molar-refractivity contribution in [1.29, 1.82) is 0 Å². The number of para-hydroxylation sites is 1. The van der Waals surface area contributed by atoms with Gasteiger partial charge >= 0.3 is 0 Å². The van der Waals surface area contributed by atoms with Crippen LogP contribution in [-0.4, -0.2) is 12.1 Å². The second kappa shape index (κ2) is 4.81. The lowest BCUT2D eigenvalue weighted by atomic mass is 10.0. The molecule has 0 unspecified atom stereocenters. The molecule has 1 N–H and O–H groups in total. The largest absolute Gasteiger partial charge is 0.494 e. The first-order chi connectivity index (χ1) is 9.70. The standard InChI is InChI=1S/C16H12FNO2/c1-20-15-8-10(6-7-13(15)17)12-9-18-14-5-3-2-4-11(14)16(12)19/h2-9H,1H3,(H,18,19). The molecule has 0 atom stereocenters. The van der Waals surface area contributed by atoms with Gasteiger partial charge in [-0.3, -0.25) is 4.79 Å². The van der Waals surface area contributed by atoms with Gasteiger partial charge in [0, 0.05) is 22.7 Å². The van der Waals surface area contributed by atoms with E-state index in [0.29, 0.717) is 16.5 Å². The van der Waals surface area contributed by atoms with Crippen molar-refractivity contribution in [3.05, 3.63) is 64.7 Å². The van der Waals surface area contributed by atoms with Gasteiger partial charge in [-0.15, -0.1) is 0 Å². The second-order valence-electron chi connectivity index (χ2n) is 4.43. The highest BCUT2D eigenvalue weighted by atomic mass is 19.1. The van der Waals surface area contributed by atoms with Gasteiger partial charge in [0.15, 0.2) is 17.0 Å². The number of ether oxygens (including phenoxy) is 1. The second-order valence-corrected chi connectivity index (χ2v) is 4.43. The van der Waals surface area contributed by atoms with Crippen molar-refractivity contribution in [2.75, 3.05) is 7.11 Å². The fourth-order valence-electron chi connectivity index (χ4n) is 2.21. The summed E-state index contributed by atoms with van der Waals surface area (Å²) in [7, 11) is 1.40. The molecule has 100 valence electrons. The van der Waals surface area contributed by atoms with E-state index in [1.165, 1.54) is 19.2 Å². The average molecular weight is 269 g/mol. The first-order valence-corrected chi connectivity index (χ1v) is 6.15. The molecule has 0 bridgehead atoms. The van der Waals surface area contributed by atoms with Gasteiger partial charge in [-0.2, -0.15) is 0 Å². The molecule has 0 spiro atoms. The predicted octanol–water partition coefficient (Wildman–Crippen LogP) is 3.34. The zero-order valence-electron chi connectivity index (χ0n) is 10.8. The zero-order chi connectivity index (χ0) is 14.1. The van der Waals surface area contributed by atoms with Crippen LogP contribution >= 0.6 is 0 Å². The van der Waals surface area contributed by atoms with Crippen LogP contribution in [0.25, 0.3) is 22.0 Å². The van der Waals surface area contributed by atoms with Crippen LogP contribution in [0.15, 0.2) is 53.5 Å². The van der Waals surface area contributed by atoms with E-state index in [1.54, 1.807) is 18.3 Å². The number of halogens is 1. The smallest absolute Gasteiger partial charge is 0.197 e. The number of hydrogen-bond donors (Lipinski definition) is 1. The minimum absolute atomic E-state index is 0.0898. The van der Waals surface area contributed by atoms with Gasteiger partial charge in [0.1, 0.15) is 0 Å². The Kier molecular flexibility index (Phi) is 2.99. The van der Waals surface area contributed by atoms with E-state index in [9.17, 15) is 9.18 Å². The molecule has 2 aromatic carbocycles. The molecule has 0 saturated carbocycles. The Hall–Kier alpha value is -2.62. The van der Waals surface area contributed by atoms with E-state index < -0.39 is 5.82 Å². The maximum absolute atomic E-state index is 13.4. The highest BCUT2D eigenvalue weighted by Gasteiger charge is 2.10. The number of aromatic amines is 1. The summed E-state index contributed by atoms with van der Waals surface area (Å²) < 4.78 is 18.4. The van der Waals surface area contributed by atoms with Crippen molar-refractivity contribution >= 4 is 10.9 Å². The summed E-state index contributed by atoms with van der Waals surface area (Å²) in [6.07, 6.45) is 1.64. The summed E-state index contributed by atoms with van der Waals surface area (Å²) in [5, 5.41) is 0.605. The third-order valence-electron chi connectivity index (χ3n) is 3.25. The third kappa shape index (κ3) is 1.95. The molecule has 3 nitrogen and oxygen atoms in total. The van der Waals surface area contributed by atoms with Crippen molar-refractivity contribution in [3.8, 4) is 16.9 Å². The monoisotopic (exact) mass is 269 g/mol. The quantitative estimate of drug-likeness (QED) is 0.775. The Labute approximate surface area is 114 Å². The highest BCUT2D eigenvalue weighted by Crippen LogP contribution is 2.25.